The first-order valence-corrected chi connectivity index (χ1v) is 2.25. The van der Waals surface area contributed by atoms with E-state index in [2.05, 4.69) is 15.0 Å². The molecule has 2 heterocycles. The second-order valence-corrected chi connectivity index (χ2v) is 1.43. The molecule has 2 aliphatic rings. The molecule has 8 heavy (non-hydrogen) atoms. The Morgan fingerprint density at radius 1 is 1.62 bits per heavy atom. The van der Waals surface area contributed by atoms with Crippen molar-refractivity contribution in [2.75, 3.05) is 6.73 Å². The summed E-state index contributed by atoms with van der Waals surface area (Å²) in [5.74, 6) is 1.19. The van der Waals surface area contributed by atoms with Gasteiger partial charge in [0.2, 0.25) is 5.84 Å². The van der Waals surface area contributed by atoms with Crippen LogP contribution in [0.2, 0.25) is 0 Å². The van der Waals surface area contributed by atoms with Gasteiger partial charge in [0.1, 0.15) is 6.34 Å². The van der Waals surface area contributed by atoms with Gasteiger partial charge >= 0.3 is 0 Å². The van der Waals surface area contributed by atoms with Crippen LogP contribution in [-0.2, 0) is 4.74 Å². The van der Waals surface area contributed by atoms with Gasteiger partial charge < -0.3 is 4.74 Å². The lowest BCUT2D eigenvalue weighted by molar-refractivity contribution is 0.341. The fourth-order valence-corrected chi connectivity index (χ4v) is 0.614. The van der Waals surface area contributed by atoms with Crippen molar-refractivity contribution in [3.63, 3.8) is 0 Å². The first-order valence-electron chi connectivity index (χ1n) is 2.25. The van der Waals surface area contributed by atoms with Crippen LogP contribution in [-0.4, -0.2) is 24.8 Å². The van der Waals surface area contributed by atoms with E-state index in [9.17, 15) is 0 Å². The highest BCUT2D eigenvalue weighted by atomic mass is 16.5. The Morgan fingerprint density at radius 3 is 3.50 bits per heavy atom. The van der Waals surface area contributed by atoms with Crippen molar-refractivity contribution in [2.24, 2.45) is 15.0 Å². The maximum absolute atomic E-state index is 4.90. The van der Waals surface area contributed by atoms with Gasteiger partial charge in [0.05, 0.1) is 0 Å². The number of hydrogen-bond acceptors (Lipinski definition) is 4. The highest BCUT2D eigenvalue weighted by Gasteiger charge is 2.17. The molecular weight excluding hydrogens is 106 g/mol. The largest absolute Gasteiger partial charge is 0.452 e. The average molecular weight is 109 g/mol. The number of rotatable bonds is 0. The lowest BCUT2D eigenvalue weighted by Crippen LogP contribution is -2.02. The summed E-state index contributed by atoms with van der Waals surface area (Å²) < 4.78 is 4.90. The van der Waals surface area contributed by atoms with Crippen LogP contribution in [0.25, 0.3) is 0 Å². The number of hydrogen-bond donors (Lipinski definition) is 0. The predicted octanol–water partition coefficient (Wildman–Crippen LogP) is -0.187. The van der Waals surface area contributed by atoms with Crippen LogP contribution in [0.4, 0.5) is 0 Å². The molecule has 0 unspecified atom stereocenters. The molecule has 4 heteroatoms. The zero-order valence-corrected chi connectivity index (χ0v) is 4.03. The van der Waals surface area contributed by atoms with Gasteiger partial charge in [0.25, 0.3) is 5.90 Å². The molecule has 0 saturated carbocycles. The van der Waals surface area contributed by atoms with E-state index in [0.717, 1.165) is 0 Å². The topological polar surface area (TPSA) is 46.3 Å². The molecule has 0 N–H and O–H groups in total. The Morgan fingerprint density at radius 2 is 2.62 bits per heavy atom. The Kier molecular flexibility index (Phi) is 0.542. The molecule has 0 aromatic heterocycles. The van der Waals surface area contributed by atoms with Gasteiger partial charge in [-0.25, -0.2) is 9.98 Å². The van der Waals surface area contributed by atoms with Gasteiger partial charge in [0.15, 0.2) is 6.73 Å². The van der Waals surface area contributed by atoms with Crippen LogP contribution in [0.5, 0.6) is 0 Å². The molecule has 2 aliphatic heterocycles. The molecule has 0 spiro atoms. The lowest BCUT2D eigenvalue weighted by atomic mass is 10.6. The first-order chi connectivity index (χ1) is 3.97. The standard InChI is InChI=1S/C4H3N3O/c1-5-3-4(6-1)8-2-7-3/h1H,2H2. The van der Waals surface area contributed by atoms with Crippen LogP contribution in [0.3, 0.4) is 0 Å². The molecule has 0 bridgehead atoms. The second-order valence-electron chi connectivity index (χ2n) is 1.43. The van der Waals surface area contributed by atoms with Crippen LogP contribution in [0, 0.1) is 0 Å². The van der Waals surface area contributed by atoms with Gasteiger partial charge in [-0.2, -0.15) is 4.99 Å². The maximum atomic E-state index is 4.90. The summed E-state index contributed by atoms with van der Waals surface area (Å²) in [7, 11) is 0. The van der Waals surface area contributed by atoms with E-state index in [0.29, 0.717) is 18.5 Å². The minimum atomic E-state index is 0.380. The van der Waals surface area contributed by atoms with E-state index in [1.54, 1.807) is 0 Å². The Balaban J connectivity index is 2.49. The third-order valence-corrected chi connectivity index (χ3v) is 0.962. The summed E-state index contributed by atoms with van der Waals surface area (Å²) in [6.45, 7) is 0.380. The van der Waals surface area contributed by atoms with Crippen LogP contribution < -0.4 is 0 Å². The van der Waals surface area contributed by atoms with E-state index in [1.807, 2.05) is 0 Å². The van der Waals surface area contributed by atoms with Crippen LogP contribution in [0.1, 0.15) is 0 Å². The Labute approximate surface area is 45.6 Å². The zero-order valence-electron chi connectivity index (χ0n) is 4.03. The number of aliphatic imine (C=N–C) groups is 3. The van der Waals surface area contributed by atoms with Crippen LogP contribution >= 0.6 is 0 Å². The van der Waals surface area contributed by atoms with Crippen LogP contribution in [0.15, 0.2) is 15.0 Å². The molecular formula is C4H3N3O. The second kappa shape index (κ2) is 1.15. The van der Waals surface area contributed by atoms with Crippen molar-refractivity contribution in [1.29, 1.82) is 0 Å². The smallest absolute Gasteiger partial charge is 0.262 e. The fourth-order valence-electron chi connectivity index (χ4n) is 0.614. The summed E-state index contributed by atoms with van der Waals surface area (Å²) in [6.07, 6.45) is 1.44. The van der Waals surface area contributed by atoms with E-state index < -0.39 is 0 Å². The quantitative estimate of drug-likeness (QED) is 0.425. The van der Waals surface area contributed by atoms with E-state index in [4.69, 9.17) is 4.74 Å². The monoisotopic (exact) mass is 109 g/mol. The van der Waals surface area contributed by atoms with Gasteiger partial charge in [-0.1, -0.05) is 0 Å². The third-order valence-electron chi connectivity index (χ3n) is 0.962. The molecule has 4 nitrogen and oxygen atoms in total. The number of nitrogens with zero attached hydrogens (tertiary/aromatic N) is 3. The van der Waals surface area contributed by atoms with Crippen molar-refractivity contribution < 1.29 is 4.74 Å². The minimum Gasteiger partial charge on any atom is -0.452 e. The summed E-state index contributed by atoms with van der Waals surface area (Å²) in [6, 6.07) is 0. The molecule has 40 valence electrons. The number of amidine groups is 1. The van der Waals surface area contributed by atoms with Gasteiger partial charge in [-0.3, -0.25) is 0 Å². The van der Waals surface area contributed by atoms with Gasteiger partial charge in [0, 0.05) is 0 Å². The molecule has 0 amide bonds. The summed E-state index contributed by atoms with van der Waals surface area (Å²) in [5, 5.41) is 0. The minimum absolute atomic E-state index is 0.380. The van der Waals surface area contributed by atoms with Crippen molar-refractivity contribution in [3.8, 4) is 0 Å². The van der Waals surface area contributed by atoms with Crippen molar-refractivity contribution >= 4 is 18.1 Å². The van der Waals surface area contributed by atoms with E-state index >= 15 is 0 Å². The molecule has 0 aromatic rings. The van der Waals surface area contributed by atoms with Crippen molar-refractivity contribution in [2.45, 2.75) is 0 Å². The predicted molar refractivity (Wildman–Crippen MR) is 29.3 cm³/mol. The maximum Gasteiger partial charge on any atom is 0.262 e. The lowest BCUT2D eigenvalue weighted by Gasteiger charge is -1.85. The molecule has 0 aromatic carbocycles. The number of ether oxygens (including phenoxy) is 1. The molecule has 0 radical (unpaired) electrons. The molecule has 0 aliphatic carbocycles. The van der Waals surface area contributed by atoms with Crippen molar-refractivity contribution in [1.82, 2.24) is 0 Å². The first kappa shape index (κ1) is 3.77. The highest BCUT2D eigenvalue weighted by Crippen LogP contribution is 2.02. The summed E-state index contributed by atoms with van der Waals surface area (Å²) in [4.78, 5) is 11.4. The zero-order chi connectivity index (χ0) is 5.40. The normalized spacial score (nSPS) is 22.0. The Hall–Kier alpha value is -1.19. The van der Waals surface area contributed by atoms with Gasteiger partial charge in [-0.05, 0) is 0 Å². The molecule has 0 atom stereocenters. The van der Waals surface area contributed by atoms with Gasteiger partial charge in [-0.15, -0.1) is 0 Å². The molecule has 2 rings (SSSR count). The van der Waals surface area contributed by atoms with E-state index in [-0.39, 0.29) is 0 Å². The number of fused-ring (bicyclic) bond motifs is 1. The Bertz CT molecular complexity index is 203. The fraction of sp³-hybridized carbons (Fsp3) is 0.250. The summed E-state index contributed by atoms with van der Waals surface area (Å²) >= 11 is 0. The van der Waals surface area contributed by atoms with Crippen molar-refractivity contribution in [3.05, 3.63) is 0 Å². The van der Waals surface area contributed by atoms with E-state index in [1.165, 1.54) is 6.34 Å². The summed E-state index contributed by atoms with van der Waals surface area (Å²) in [5.41, 5.74) is 0. The molecule has 0 saturated heterocycles. The SMILES string of the molecule is C1=NC2=NCOC2=N1. The third kappa shape index (κ3) is 0.318. The average Bonchev–Trinajstić information content (AvgIpc) is 2.15. The highest BCUT2D eigenvalue weighted by molar-refractivity contribution is 6.43. The molecule has 0 fully saturated rings.